The summed E-state index contributed by atoms with van der Waals surface area (Å²) in [5.74, 6) is -4.93. The average Bonchev–Trinajstić information content (AvgIpc) is 3.65. The van der Waals surface area contributed by atoms with E-state index < -0.39 is 52.6 Å². The highest BCUT2D eigenvalue weighted by Crippen LogP contribution is 2.63. The van der Waals surface area contributed by atoms with Crippen LogP contribution in [0, 0.1) is 34.9 Å². The number of phenolic OH excluding ortho intramolecular Hbond substituents is 1. The number of aromatic hydroxyl groups is 1. The molecule has 4 amide bonds. The highest BCUT2D eigenvalue weighted by atomic mass is 35.5. The van der Waals surface area contributed by atoms with E-state index in [1.54, 1.807) is 43.3 Å². The Morgan fingerprint density at radius 3 is 2.44 bits per heavy atom. The lowest BCUT2D eigenvalue weighted by atomic mass is 9.52. The normalized spacial score (nSPS) is 29.2. The molecule has 3 heterocycles. The third-order valence-electron chi connectivity index (χ3n) is 10.2. The van der Waals surface area contributed by atoms with E-state index in [9.17, 15) is 33.8 Å². The van der Waals surface area contributed by atoms with E-state index in [-0.39, 0.29) is 53.6 Å². The van der Waals surface area contributed by atoms with Gasteiger partial charge in [0.25, 0.3) is 0 Å². The molecule has 2 aromatic carbocycles. The Kier molecular flexibility index (Phi) is 6.98. The fraction of sp³-hybridized carbons (Fsp3) is 0.353. The Bertz CT molecular complexity index is 1780. The van der Waals surface area contributed by atoms with Crippen LogP contribution in [0.5, 0.6) is 5.75 Å². The number of benzene rings is 2. The van der Waals surface area contributed by atoms with Crippen LogP contribution in [0.15, 0.2) is 70.7 Å². The fourth-order valence-corrected chi connectivity index (χ4v) is 8.19. The number of furan rings is 1. The third-order valence-corrected chi connectivity index (χ3v) is 10.5. The molecule has 9 nitrogen and oxygen atoms in total. The summed E-state index contributed by atoms with van der Waals surface area (Å²) in [5, 5.41) is 19.1. The zero-order chi connectivity index (χ0) is 31.8. The van der Waals surface area contributed by atoms with E-state index in [0.717, 1.165) is 22.1 Å². The smallest absolute Gasteiger partial charge is 0.241 e. The zero-order valence-corrected chi connectivity index (χ0v) is 25.0. The van der Waals surface area contributed by atoms with Crippen LogP contribution in [0.25, 0.3) is 0 Å². The van der Waals surface area contributed by atoms with Crippen LogP contribution >= 0.6 is 11.6 Å². The maximum Gasteiger partial charge on any atom is 0.241 e. The Hall–Kier alpha value is -4.28. The van der Waals surface area contributed by atoms with Crippen molar-refractivity contribution in [3.63, 3.8) is 0 Å². The number of rotatable bonds is 6. The zero-order valence-electron chi connectivity index (χ0n) is 24.3. The van der Waals surface area contributed by atoms with Gasteiger partial charge >= 0.3 is 0 Å². The van der Waals surface area contributed by atoms with Crippen molar-refractivity contribution in [3.05, 3.63) is 94.2 Å². The molecule has 0 unspecified atom stereocenters. The summed E-state index contributed by atoms with van der Waals surface area (Å²) in [6, 6.07) is 13.5. The number of hydrogen-bond donors (Lipinski definition) is 2. The first kappa shape index (κ1) is 29.4. The molecule has 2 N–H and O–H groups in total. The Balaban J connectivity index is 1.27. The lowest BCUT2D eigenvalue weighted by Crippen LogP contribution is -2.48. The predicted octanol–water partition coefficient (Wildman–Crippen LogP) is 4.74. The number of carbonyl (C=O) groups excluding carboxylic acids is 4. The summed E-state index contributed by atoms with van der Waals surface area (Å²) in [6.07, 6.45) is 2.79. The minimum absolute atomic E-state index is 0.124. The number of fused-ring (bicyclic) bond motifs is 4. The van der Waals surface area contributed by atoms with Crippen molar-refractivity contribution in [1.29, 1.82) is 0 Å². The number of aliphatic hydroxyl groups excluding tert-OH is 1. The van der Waals surface area contributed by atoms with Crippen molar-refractivity contribution in [2.24, 2.45) is 29.1 Å². The second-order valence-corrected chi connectivity index (χ2v) is 12.9. The van der Waals surface area contributed by atoms with Crippen molar-refractivity contribution in [2.75, 3.05) is 11.4 Å². The highest BCUT2D eigenvalue weighted by Gasteiger charge is 2.68. The molecule has 1 aromatic heterocycles. The molecular weight excluding hydrogens is 603 g/mol. The molecule has 3 aromatic rings. The molecule has 11 heteroatoms. The Labute approximate surface area is 262 Å². The van der Waals surface area contributed by atoms with Crippen LogP contribution in [-0.4, -0.2) is 45.3 Å². The number of nitrogens with zero attached hydrogens (tertiary/aromatic N) is 2. The van der Waals surface area contributed by atoms with Gasteiger partial charge in [-0.1, -0.05) is 35.4 Å². The summed E-state index contributed by atoms with van der Waals surface area (Å²) in [4.78, 5) is 58.5. The van der Waals surface area contributed by atoms with Crippen LogP contribution in [-0.2, 0) is 32.2 Å². The Morgan fingerprint density at radius 1 is 1.00 bits per heavy atom. The van der Waals surface area contributed by atoms with Gasteiger partial charge in [0, 0.05) is 6.54 Å². The number of likely N-dealkylation sites (tertiary alicyclic amines) is 1. The molecule has 2 saturated heterocycles. The molecule has 7 rings (SSSR count). The molecule has 3 fully saturated rings. The minimum atomic E-state index is -1.33. The summed E-state index contributed by atoms with van der Waals surface area (Å²) in [6.45, 7) is 1.52. The van der Waals surface area contributed by atoms with E-state index in [0.29, 0.717) is 18.6 Å². The Morgan fingerprint density at radius 2 is 1.76 bits per heavy atom. The first-order chi connectivity index (χ1) is 21.5. The van der Waals surface area contributed by atoms with Gasteiger partial charge in [0.1, 0.15) is 29.7 Å². The van der Waals surface area contributed by atoms with E-state index in [2.05, 4.69) is 0 Å². The second-order valence-electron chi connectivity index (χ2n) is 12.5. The molecule has 4 aliphatic rings. The van der Waals surface area contributed by atoms with E-state index in [1.165, 1.54) is 17.0 Å². The molecule has 0 spiro atoms. The second kappa shape index (κ2) is 10.7. The molecule has 0 bridgehead atoms. The molecule has 2 aliphatic heterocycles. The predicted molar refractivity (Wildman–Crippen MR) is 159 cm³/mol. The molecular formula is C34H30ClFN2O7. The number of phenols is 1. The molecule has 2 aliphatic carbocycles. The lowest BCUT2D eigenvalue weighted by molar-refractivity contribution is -0.140. The van der Waals surface area contributed by atoms with E-state index in [4.69, 9.17) is 16.0 Å². The van der Waals surface area contributed by atoms with Gasteiger partial charge in [-0.25, -0.2) is 9.29 Å². The largest absolute Gasteiger partial charge is 0.508 e. The van der Waals surface area contributed by atoms with Crippen LogP contribution in [0.1, 0.15) is 42.8 Å². The first-order valence-corrected chi connectivity index (χ1v) is 15.3. The van der Waals surface area contributed by atoms with Gasteiger partial charge < -0.3 is 14.6 Å². The number of halogens is 2. The number of carbonyl (C=O) groups is 4. The number of hydrogen-bond acceptors (Lipinski definition) is 7. The van der Waals surface area contributed by atoms with Gasteiger partial charge in [-0.05, 0) is 80.1 Å². The van der Waals surface area contributed by atoms with Gasteiger partial charge in [-0.2, -0.15) is 0 Å². The summed E-state index contributed by atoms with van der Waals surface area (Å²) < 4.78 is 20.0. The van der Waals surface area contributed by atoms with Crippen LogP contribution < -0.4 is 4.90 Å². The molecule has 0 radical (unpaired) electrons. The lowest BCUT2D eigenvalue weighted by Gasteiger charge is -2.48. The summed E-state index contributed by atoms with van der Waals surface area (Å²) in [5.41, 5.74) is 0.435. The first-order valence-electron chi connectivity index (χ1n) is 14.9. The number of aliphatic hydroxyl groups is 1. The van der Waals surface area contributed by atoms with Crippen LogP contribution in [0.2, 0.25) is 5.02 Å². The average molecular weight is 633 g/mol. The maximum atomic E-state index is 14.3. The molecule has 45 heavy (non-hydrogen) atoms. The van der Waals surface area contributed by atoms with Crippen molar-refractivity contribution in [2.45, 2.75) is 38.7 Å². The highest BCUT2D eigenvalue weighted by molar-refractivity contribution is 6.31. The van der Waals surface area contributed by atoms with Crippen molar-refractivity contribution in [3.8, 4) is 5.75 Å². The fourth-order valence-electron chi connectivity index (χ4n) is 8.01. The standard InChI is InChI=1S/C34H30ClFN2O7/c1-34-24(31(42)38(33(34)44)18-4-10-26(36)25(35)14-18)15-23-21(29(34)27-11-7-20(16-39)45-27)8-9-22-28(23)32(43)37(30(22)41)13-12-17-2-5-19(40)6-3-17/h2-8,10-11,14,22-24,28-29,39-40H,9,12-13,15-16H2,1H3/t22-,23+,24-,28-,29+,34+/m0/s1. The van der Waals surface area contributed by atoms with Crippen molar-refractivity contribution < 1.29 is 38.2 Å². The van der Waals surface area contributed by atoms with Gasteiger partial charge in [-0.3, -0.25) is 24.1 Å². The van der Waals surface area contributed by atoms with Crippen LogP contribution in [0.4, 0.5) is 10.1 Å². The van der Waals surface area contributed by atoms with Gasteiger partial charge in [0.15, 0.2) is 0 Å². The van der Waals surface area contributed by atoms with Gasteiger partial charge in [0.05, 0.1) is 39.8 Å². The third kappa shape index (κ3) is 4.37. The maximum absolute atomic E-state index is 14.3. The minimum Gasteiger partial charge on any atom is -0.508 e. The molecule has 6 atom stereocenters. The van der Waals surface area contributed by atoms with E-state index >= 15 is 0 Å². The monoisotopic (exact) mass is 632 g/mol. The quantitative estimate of drug-likeness (QED) is 0.297. The van der Waals surface area contributed by atoms with Crippen molar-refractivity contribution >= 4 is 40.9 Å². The topological polar surface area (TPSA) is 128 Å². The summed E-state index contributed by atoms with van der Waals surface area (Å²) >= 11 is 6.04. The van der Waals surface area contributed by atoms with Crippen molar-refractivity contribution in [1.82, 2.24) is 4.90 Å². The van der Waals surface area contributed by atoms with Gasteiger partial charge in [-0.15, -0.1) is 0 Å². The number of amides is 4. The molecule has 1 saturated carbocycles. The molecule has 232 valence electrons. The van der Waals surface area contributed by atoms with Gasteiger partial charge in [0.2, 0.25) is 23.6 Å². The van der Waals surface area contributed by atoms with Crippen LogP contribution in [0.3, 0.4) is 0 Å². The van der Waals surface area contributed by atoms with E-state index in [1.807, 2.05) is 6.08 Å². The SMILES string of the molecule is C[C@@]12C(=O)N(c3ccc(F)c(Cl)c3)C(=O)[C@@H]1C[C@@H]1C(=CC[C@@H]3C(=O)N(CCc4ccc(O)cc4)C(=O)[C@@H]31)[C@@H]2c1ccc(CO)o1. The number of anilines is 1. The number of imide groups is 2. The number of allylic oxidation sites excluding steroid dienone is 2. The summed E-state index contributed by atoms with van der Waals surface area (Å²) in [7, 11) is 0.